The minimum absolute atomic E-state index is 0.147. The summed E-state index contributed by atoms with van der Waals surface area (Å²) in [6.45, 7) is 20.4. The number of carbonyl (C=O) groups is 1. The van der Waals surface area contributed by atoms with Crippen LogP contribution in [0.2, 0.25) is 43.8 Å². The number of hydrogen-bond acceptors (Lipinski definition) is 9. The van der Waals surface area contributed by atoms with E-state index in [0.717, 1.165) is 40.0 Å². The smallest absolute Gasteiger partial charge is 0.227 e. The number of amides is 1. The zero-order valence-electron chi connectivity index (χ0n) is 29.3. The third kappa shape index (κ3) is 10.2. The van der Waals surface area contributed by atoms with Gasteiger partial charge in [0, 0.05) is 50.5 Å². The largest absolute Gasteiger partial charge is 0.414 e. The van der Waals surface area contributed by atoms with Crippen molar-refractivity contribution in [2.75, 3.05) is 44.1 Å². The molecule has 0 saturated heterocycles. The van der Waals surface area contributed by atoms with Gasteiger partial charge in [-0.3, -0.25) is 4.79 Å². The van der Waals surface area contributed by atoms with Gasteiger partial charge in [-0.2, -0.15) is 0 Å². The first-order valence-corrected chi connectivity index (χ1v) is 22.7. The number of aromatic nitrogens is 5. The number of rotatable bonds is 14. The molecule has 1 aromatic carbocycles. The molecule has 13 heteroatoms. The van der Waals surface area contributed by atoms with E-state index in [1.165, 1.54) is 0 Å². The highest BCUT2D eigenvalue weighted by molar-refractivity contribution is 6.76. The lowest BCUT2D eigenvalue weighted by Crippen LogP contribution is -2.41. The molecule has 0 aliphatic heterocycles. The number of hydrogen-bond donors (Lipinski definition) is 2. The molecule has 0 aliphatic carbocycles. The minimum Gasteiger partial charge on any atom is -0.414 e. The summed E-state index contributed by atoms with van der Waals surface area (Å²) in [5.74, 6) is 7.42. The van der Waals surface area contributed by atoms with Crippen molar-refractivity contribution in [2.24, 2.45) is 0 Å². The van der Waals surface area contributed by atoms with Gasteiger partial charge in [0.1, 0.15) is 23.9 Å². The SMILES string of the molecule is CNc1ncc(C#Cc2ccc3c(c2)nnn3COCC[Si](C)(C)C)c2cc(NC(=O)CCOCCO[Si](C)(C)C(C)(C)C)ncc12. The van der Waals surface area contributed by atoms with Gasteiger partial charge in [-0.25, -0.2) is 14.6 Å². The van der Waals surface area contributed by atoms with E-state index in [-0.39, 0.29) is 17.4 Å². The number of nitrogens with one attached hydrogen (secondary N) is 2. The molecule has 0 radical (unpaired) electrons. The summed E-state index contributed by atoms with van der Waals surface area (Å²) >= 11 is 0. The van der Waals surface area contributed by atoms with Gasteiger partial charge in [-0.15, -0.1) is 5.10 Å². The van der Waals surface area contributed by atoms with Crippen LogP contribution in [0.3, 0.4) is 0 Å². The van der Waals surface area contributed by atoms with E-state index in [2.05, 4.69) is 96.3 Å². The molecule has 2 N–H and O–H groups in total. The normalized spacial score (nSPS) is 12.3. The zero-order valence-corrected chi connectivity index (χ0v) is 31.3. The number of carbonyl (C=O) groups excluding carboxylic acids is 1. The van der Waals surface area contributed by atoms with Crippen LogP contribution in [-0.2, 0) is 25.4 Å². The molecule has 0 unspecified atom stereocenters. The molecule has 252 valence electrons. The van der Waals surface area contributed by atoms with Crippen LogP contribution >= 0.6 is 0 Å². The average molecular weight is 676 g/mol. The lowest BCUT2D eigenvalue weighted by Gasteiger charge is -2.36. The van der Waals surface area contributed by atoms with Gasteiger partial charge in [-0.1, -0.05) is 57.5 Å². The van der Waals surface area contributed by atoms with Crippen molar-refractivity contribution >= 4 is 55.7 Å². The van der Waals surface area contributed by atoms with Gasteiger partial charge < -0.3 is 24.5 Å². The van der Waals surface area contributed by atoms with Crippen LogP contribution in [0.15, 0.2) is 36.7 Å². The standard InChI is InChI=1S/C34H49N7O4Si2/c1-34(2,3)47(8,9)45-17-16-43-15-14-32(42)38-31-21-27-26(22-37-33(35-4)28(27)23-36-31)12-10-25-11-13-30-29(20-25)39-40-41(30)24-44-18-19-46(5,6)7/h11,13,20-23H,14-19,24H2,1-9H3,(H,35,37)(H,36,38,42). The van der Waals surface area contributed by atoms with Gasteiger partial charge >= 0.3 is 0 Å². The highest BCUT2D eigenvalue weighted by Crippen LogP contribution is 2.36. The lowest BCUT2D eigenvalue weighted by molar-refractivity contribution is -0.117. The summed E-state index contributed by atoms with van der Waals surface area (Å²) in [6, 6.07) is 8.75. The van der Waals surface area contributed by atoms with Crippen LogP contribution < -0.4 is 10.6 Å². The molecular formula is C34H49N7O4Si2. The van der Waals surface area contributed by atoms with E-state index in [1.54, 1.807) is 24.1 Å². The van der Waals surface area contributed by atoms with Crippen LogP contribution in [0.1, 0.15) is 38.3 Å². The predicted molar refractivity (Wildman–Crippen MR) is 194 cm³/mol. The molecule has 0 fully saturated rings. The number of nitrogens with zero attached hydrogens (tertiary/aromatic N) is 5. The summed E-state index contributed by atoms with van der Waals surface area (Å²) in [5, 5.41) is 16.3. The second kappa shape index (κ2) is 15.5. The van der Waals surface area contributed by atoms with Crippen LogP contribution in [0.5, 0.6) is 0 Å². The van der Waals surface area contributed by atoms with Crippen LogP contribution in [0.4, 0.5) is 11.6 Å². The predicted octanol–water partition coefficient (Wildman–Crippen LogP) is 6.50. The van der Waals surface area contributed by atoms with Crippen LogP contribution in [-0.4, -0.2) is 80.7 Å². The maximum Gasteiger partial charge on any atom is 0.227 e. The third-order valence-electron chi connectivity index (χ3n) is 8.31. The van der Waals surface area contributed by atoms with Crippen molar-refractivity contribution in [2.45, 2.75) is 77.7 Å². The van der Waals surface area contributed by atoms with Crippen LogP contribution in [0.25, 0.3) is 21.8 Å². The first kappa shape index (κ1) is 36.2. The molecule has 0 saturated carbocycles. The van der Waals surface area contributed by atoms with Crippen molar-refractivity contribution < 1.29 is 18.7 Å². The maximum atomic E-state index is 12.7. The maximum absolute atomic E-state index is 12.7. The lowest BCUT2D eigenvalue weighted by atomic mass is 10.1. The van der Waals surface area contributed by atoms with E-state index >= 15 is 0 Å². The van der Waals surface area contributed by atoms with E-state index in [1.807, 2.05) is 24.3 Å². The second-order valence-corrected chi connectivity index (χ2v) is 24.7. The fourth-order valence-electron chi connectivity index (χ4n) is 4.36. The van der Waals surface area contributed by atoms with Gasteiger partial charge in [0.25, 0.3) is 0 Å². The number of anilines is 2. The Morgan fingerprint density at radius 1 is 0.936 bits per heavy atom. The highest BCUT2D eigenvalue weighted by atomic mass is 28.4. The van der Waals surface area contributed by atoms with Crippen molar-refractivity contribution in [3.8, 4) is 11.8 Å². The molecule has 0 bridgehead atoms. The molecule has 4 aromatic rings. The molecular weight excluding hydrogens is 627 g/mol. The molecule has 0 aliphatic rings. The number of pyridine rings is 2. The quantitative estimate of drug-likeness (QED) is 0.0876. The average Bonchev–Trinajstić information content (AvgIpc) is 3.40. The van der Waals surface area contributed by atoms with Crippen LogP contribution in [0, 0.1) is 11.8 Å². The van der Waals surface area contributed by atoms with E-state index in [0.29, 0.717) is 43.8 Å². The summed E-state index contributed by atoms with van der Waals surface area (Å²) in [7, 11) is -1.16. The summed E-state index contributed by atoms with van der Waals surface area (Å²) in [5.41, 5.74) is 3.15. The van der Waals surface area contributed by atoms with E-state index < -0.39 is 16.4 Å². The fourth-order valence-corrected chi connectivity index (χ4v) is 6.14. The monoisotopic (exact) mass is 675 g/mol. The van der Waals surface area contributed by atoms with Crippen molar-refractivity contribution in [3.05, 3.63) is 47.8 Å². The fraction of sp³-hybridized carbons (Fsp3) is 0.500. The molecule has 4 rings (SSSR count). The zero-order chi connectivity index (χ0) is 34.2. The van der Waals surface area contributed by atoms with Gasteiger partial charge in [0.2, 0.25) is 5.91 Å². The first-order valence-electron chi connectivity index (χ1n) is 16.1. The van der Waals surface area contributed by atoms with Crippen molar-refractivity contribution in [1.82, 2.24) is 25.0 Å². The van der Waals surface area contributed by atoms with Gasteiger partial charge in [-0.05, 0) is 48.4 Å². The Hall–Kier alpha value is -3.68. The van der Waals surface area contributed by atoms with Gasteiger partial charge in [0.05, 0.1) is 37.3 Å². The Morgan fingerprint density at radius 3 is 2.45 bits per heavy atom. The number of ether oxygens (including phenoxy) is 2. The summed E-state index contributed by atoms with van der Waals surface area (Å²) in [6.07, 6.45) is 3.63. The minimum atomic E-state index is -1.81. The molecule has 0 spiro atoms. The summed E-state index contributed by atoms with van der Waals surface area (Å²) < 4.78 is 19.4. The Balaban J connectivity index is 1.40. The first-order chi connectivity index (χ1) is 22.2. The summed E-state index contributed by atoms with van der Waals surface area (Å²) in [4.78, 5) is 21.7. The molecule has 3 heterocycles. The Labute approximate surface area is 280 Å². The molecule has 11 nitrogen and oxygen atoms in total. The Kier molecular flexibility index (Phi) is 11.9. The number of fused-ring (bicyclic) bond motifs is 2. The van der Waals surface area contributed by atoms with E-state index in [9.17, 15) is 4.79 Å². The number of benzene rings is 1. The van der Waals surface area contributed by atoms with Crippen molar-refractivity contribution in [3.63, 3.8) is 0 Å². The molecule has 1 amide bonds. The molecule has 0 atom stereocenters. The third-order valence-corrected chi connectivity index (χ3v) is 14.6. The Morgan fingerprint density at radius 2 is 1.72 bits per heavy atom. The van der Waals surface area contributed by atoms with Crippen molar-refractivity contribution in [1.29, 1.82) is 0 Å². The van der Waals surface area contributed by atoms with Gasteiger partial charge in [0.15, 0.2) is 8.32 Å². The second-order valence-electron chi connectivity index (χ2n) is 14.3. The highest BCUT2D eigenvalue weighted by Gasteiger charge is 2.36. The van der Waals surface area contributed by atoms with E-state index in [4.69, 9.17) is 13.9 Å². The molecule has 47 heavy (non-hydrogen) atoms. The molecule has 3 aromatic heterocycles. The topological polar surface area (TPSA) is 125 Å². The Bertz CT molecular complexity index is 1750.